The maximum atomic E-state index is 3.87. The molecule has 0 rings (SSSR count). The first-order valence-corrected chi connectivity index (χ1v) is 6.07. The van der Waals surface area contributed by atoms with Gasteiger partial charge in [-0.2, -0.15) is 0 Å². The maximum Gasteiger partial charge on any atom is -0.0194 e. The second kappa shape index (κ2) is 8.52. The van der Waals surface area contributed by atoms with Gasteiger partial charge >= 0.3 is 0 Å². The van der Waals surface area contributed by atoms with E-state index < -0.39 is 0 Å². The molecule has 0 radical (unpaired) electrons. The van der Waals surface area contributed by atoms with Crippen LogP contribution in [-0.2, 0) is 0 Å². The Morgan fingerprint density at radius 1 is 0.867 bits per heavy atom. The average Bonchev–Trinajstić information content (AvgIpc) is 2.19. The monoisotopic (exact) mass is 206 g/mol. The molecule has 0 aliphatic heterocycles. The summed E-state index contributed by atoms with van der Waals surface area (Å²) in [6.07, 6.45) is 14.5. The molecule has 0 unspecified atom stereocenters. The Morgan fingerprint density at radius 2 is 1.33 bits per heavy atom. The Bertz CT molecular complexity index is 162. The van der Waals surface area contributed by atoms with Gasteiger partial charge in [-0.15, -0.1) is 19.7 Å². The van der Waals surface area contributed by atoms with Crippen molar-refractivity contribution in [3.63, 3.8) is 0 Å². The second-order valence-electron chi connectivity index (χ2n) is 4.44. The van der Waals surface area contributed by atoms with E-state index >= 15 is 0 Å². The van der Waals surface area contributed by atoms with E-state index in [2.05, 4.69) is 26.7 Å². The molecule has 0 heteroatoms. The quantitative estimate of drug-likeness (QED) is 0.337. The van der Waals surface area contributed by atoms with Crippen LogP contribution in [0.25, 0.3) is 0 Å². The lowest BCUT2D eigenvalue weighted by atomic mass is 9.74. The van der Waals surface area contributed by atoms with E-state index in [-0.39, 0.29) is 0 Å². The van der Waals surface area contributed by atoms with Crippen molar-refractivity contribution in [1.82, 2.24) is 0 Å². The van der Waals surface area contributed by atoms with Crippen LogP contribution in [0.2, 0.25) is 0 Å². The molecule has 0 heterocycles. The summed E-state index contributed by atoms with van der Waals surface area (Å²) in [5, 5.41) is 0. The van der Waals surface area contributed by atoms with Gasteiger partial charge < -0.3 is 0 Å². The lowest BCUT2D eigenvalue weighted by Crippen LogP contribution is -2.18. The molecule has 0 amide bonds. The number of rotatable bonds is 10. The summed E-state index contributed by atoms with van der Waals surface area (Å²) in [6.45, 7) is 13.9. The fourth-order valence-electron chi connectivity index (χ4n) is 2.22. The smallest absolute Gasteiger partial charge is 0.0194 e. The fraction of sp³-hybridized carbons (Fsp3) is 0.600. The van der Waals surface area contributed by atoms with Crippen LogP contribution in [0.1, 0.15) is 51.9 Å². The highest BCUT2D eigenvalue weighted by atomic mass is 14.3. The second-order valence-corrected chi connectivity index (χ2v) is 4.44. The van der Waals surface area contributed by atoms with Crippen LogP contribution >= 0.6 is 0 Å². The zero-order valence-corrected chi connectivity index (χ0v) is 10.3. The number of hydrogen-bond acceptors (Lipinski definition) is 0. The Balaban J connectivity index is 4.36. The molecule has 15 heavy (non-hydrogen) atoms. The molecule has 0 atom stereocenters. The molecular weight excluding hydrogens is 180 g/mol. The van der Waals surface area contributed by atoms with Gasteiger partial charge in [-0.3, -0.25) is 0 Å². The van der Waals surface area contributed by atoms with Gasteiger partial charge in [0.05, 0.1) is 0 Å². The van der Waals surface area contributed by atoms with Crippen molar-refractivity contribution in [3.05, 3.63) is 38.0 Å². The van der Waals surface area contributed by atoms with Gasteiger partial charge in [0.25, 0.3) is 0 Å². The molecule has 0 saturated heterocycles. The zero-order valence-electron chi connectivity index (χ0n) is 10.3. The van der Waals surface area contributed by atoms with E-state index in [0.717, 1.165) is 19.3 Å². The van der Waals surface area contributed by atoms with Crippen molar-refractivity contribution in [2.75, 3.05) is 0 Å². The minimum Gasteiger partial charge on any atom is -0.103 e. The van der Waals surface area contributed by atoms with Crippen molar-refractivity contribution in [3.8, 4) is 0 Å². The molecule has 0 aromatic rings. The predicted molar refractivity (Wildman–Crippen MR) is 71.0 cm³/mol. The molecule has 0 spiro atoms. The SMILES string of the molecule is C=CCC(CC=C)(CC=C)CCCCC. The molecule has 0 saturated carbocycles. The minimum atomic E-state index is 0.348. The van der Waals surface area contributed by atoms with E-state index in [1.54, 1.807) is 0 Å². The predicted octanol–water partition coefficient (Wildman–Crippen LogP) is 5.28. The van der Waals surface area contributed by atoms with Crippen molar-refractivity contribution >= 4 is 0 Å². The highest BCUT2D eigenvalue weighted by Crippen LogP contribution is 2.37. The minimum absolute atomic E-state index is 0.348. The van der Waals surface area contributed by atoms with Crippen molar-refractivity contribution in [2.24, 2.45) is 5.41 Å². The van der Waals surface area contributed by atoms with Crippen LogP contribution in [0.3, 0.4) is 0 Å². The summed E-state index contributed by atoms with van der Waals surface area (Å²) in [5.74, 6) is 0. The lowest BCUT2D eigenvalue weighted by molar-refractivity contribution is 0.261. The van der Waals surface area contributed by atoms with E-state index in [4.69, 9.17) is 0 Å². The topological polar surface area (TPSA) is 0 Å². The Hall–Kier alpha value is -0.780. The van der Waals surface area contributed by atoms with Gasteiger partial charge in [0, 0.05) is 0 Å². The van der Waals surface area contributed by atoms with Crippen LogP contribution in [-0.4, -0.2) is 0 Å². The molecule has 0 fully saturated rings. The number of unbranched alkanes of at least 4 members (excludes halogenated alkanes) is 2. The first-order chi connectivity index (χ1) is 7.24. The summed E-state index contributed by atoms with van der Waals surface area (Å²) in [6, 6.07) is 0. The highest BCUT2D eigenvalue weighted by Gasteiger charge is 2.24. The first kappa shape index (κ1) is 14.2. The third-order valence-corrected chi connectivity index (χ3v) is 3.04. The standard InChI is InChI=1S/C15H26/c1-5-9-10-14-15(11-6-2,12-7-3)13-8-4/h6-8H,2-5,9-14H2,1H3. The third-order valence-electron chi connectivity index (χ3n) is 3.04. The number of allylic oxidation sites excluding steroid dienone is 3. The van der Waals surface area contributed by atoms with Gasteiger partial charge in [-0.1, -0.05) is 44.4 Å². The van der Waals surface area contributed by atoms with Crippen molar-refractivity contribution in [1.29, 1.82) is 0 Å². The van der Waals surface area contributed by atoms with Crippen LogP contribution < -0.4 is 0 Å². The van der Waals surface area contributed by atoms with Crippen molar-refractivity contribution < 1.29 is 0 Å². The largest absolute Gasteiger partial charge is 0.103 e. The van der Waals surface area contributed by atoms with Gasteiger partial charge in [0.2, 0.25) is 0 Å². The van der Waals surface area contributed by atoms with E-state index in [1.807, 2.05) is 18.2 Å². The van der Waals surface area contributed by atoms with Crippen LogP contribution in [0, 0.1) is 5.41 Å². The summed E-state index contributed by atoms with van der Waals surface area (Å²) in [5.41, 5.74) is 0.348. The molecule has 0 bridgehead atoms. The zero-order chi connectivity index (χ0) is 11.6. The maximum absolute atomic E-state index is 3.87. The Morgan fingerprint density at radius 3 is 1.67 bits per heavy atom. The average molecular weight is 206 g/mol. The van der Waals surface area contributed by atoms with Gasteiger partial charge in [0.15, 0.2) is 0 Å². The lowest BCUT2D eigenvalue weighted by Gasteiger charge is -2.31. The highest BCUT2D eigenvalue weighted by molar-refractivity contribution is 4.95. The van der Waals surface area contributed by atoms with Gasteiger partial charge in [-0.05, 0) is 31.1 Å². The van der Waals surface area contributed by atoms with Crippen LogP contribution in [0.5, 0.6) is 0 Å². The van der Waals surface area contributed by atoms with Gasteiger partial charge in [-0.25, -0.2) is 0 Å². The fourth-order valence-corrected chi connectivity index (χ4v) is 2.22. The molecule has 0 nitrogen and oxygen atoms in total. The summed E-state index contributed by atoms with van der Waals surface area (Å²) in [7, 11) is 0. The van der Waals surface area contributed by atoms with E-state index in [9.17, 15) is 0 Å². The normalized spacial score (nSPS) is 11.0. The van der Waals surface area contributed by atoms with E-state index in [1.165, 1.54) is 25.7 Å². The van der Waals surface area contributed by atoms with E-state index in [0.29, 0.717) is 5.41 Å². The van der Waals surface area contributed by atoms with Crippen LogP contribution in [0.15, 0.2) is 38.0 Å². The van der Waals surface area contributed by atoms with Crippen LogP contribution in [0.4, 0.5) is 0 Å². The number of hydrogen-bond donors (Lipinski definition) is 0. The third kappa shape index (κ3) is 5.61. The molecule has 0 aromatic heterocycles. The summed E-state index contributed by atoms with van der Waals surface area (Å²) < 4.78 is 0. The van der Waals surface area contributed by atoms with Gasteiger partial charge in [0.1, 0.15) is 0 Å². The first-order valence-electron chi connectivity index (χ1n) is 6.07. The molecular formula is C15H26. The molecule has 86 valence electrons. The molecule has 0 N–H and O–H groups in total. The Labute approximate surface area is 95.8 Å². The summed E-state index contributed by atoms with van der Waals surface area (Å²) >= 11 is 0. The summed E-state index contributed by atoms with van der Waals surface area (Å²) in [4.78, 5) is 0. The molecule has 0 aliphatic carbocycles. The molecule has 0 aromatic carbocycles. The molecule has 0 aliphatic rings. The van der Waals surface area contributed by atoms with Crippen molar-refractivity contribution in [2.45, 2.75) is 51.9 Å². The Kier molecular flexibility index (Phi) is 8.08.